The molecule has 0 fully saturated rings. The maximum Gasteiger partial charge on any atom is 0.251 e. The van der Waals surface area contributed by atoms with E-state index < -0.39 is 6.04 Å². The summed E-state index contributed by atoms with van der Waals surface area (Å²) in [6, 6.07) is 13.2. The molecule has 0 spiro atoms. The van der Waals surface area contributed by atoms with Gasteiger partial charge >= 0.3 is 0 Å². The van der Waals surface area contributed by atoms with Crippen molar-refractivity contribution in [3.8, 4) is 11.5 Å². The minimum Gasteiger partial charge on any atom is -0.493 e. The standard InChI is InChI=1S/C19H22N2O4S/c1-24-16-10-9-14(11-17(16)25-2)20-19(23)15(12-26-3)21-18(22)13-7-5-4-6-8-13/h4-11,15H,12H2,1-3H3,(H,20,23)(H,21,22). The number of benzene rings is 2. The summed E-state index contributed by atoms with van der Waals surface area (Å²) < 4.78 is 10.4. The highest BCUT2D eigenvalue weighted by atomic mass is 32.2. The summed E-state index contributed by atoms with van der Waals surface area (Å²) >= 11 is 1.48. The lowest BCUT2D eigenvalue weighted by Gasteiger charge is -2.18. The zero-order valence-corrected chi connectivity index (χ0v) is 15.8. The maximum absolute atomic E-state index is 12.6. The second-order valence-corrected chi connectivity index (χ2v) is 6.32. The van der Waals surface area contributed by atoms with E-state index in [1.165, 1.54) is 18.9 Å². The second-order valence-electron chi connectivity index (χ2n) is 5.41. The predicted molar refractivity (Wildman–Crippen MR) is 104 cm³/mol. The van der Waals surface area contributed by atoms with Crippen molar-refractivity contribution in [2.75, 3.05) is 31.5 Å². The fourth-order valence-electron chi connectivity index (χ4n) is 2.32. The van der Waals surface area contributed by atoms with E-state index in [2.05, 4.69) is 10.6 Å². The van der Waals surface area contributed by atoms with Gasteiger partial charge < -0.3 is 20.1 Å². The molecule has 6 nitrogen and oxygen atoms in total. The predicted octanol–water partition coefficient (Wildman–Crippen LogP) is 2.80. The molecule has 2 rings (SSSR count). The molecule has 0 saturated heterocycles. The number of ether oxygens (including phenoxy) is 2. The van der Waals surface area contributed by atoms with Crippen LogP contribution in [0, 0.1) is 0 Å². The molecular formula is C19H22N2O4S. The SMILES string of the molecule is COc1ccc(NC(=O)C(CSC)NC(=O)c2ccccc2)cc1OC. The van der Waals surface area contributed by atoms with Gasteiger partial charge in [-0.25, -0.2) is 0 Å². The Kier molecular flexibility index (Phi) is 7.35. The van der Waals surface area contributed by atoms with Crippen LogP contribution in [-0.2, 0) is 4.79 Å². The van der Waals surface area contributed by atoms with Crippen LogP contribution < -0.4 is 20.1 Å². The average molecular weight is 374 g/mol. The van der Waals surface area contributed by atoms with E-state index in [9.17, 15) is 9.59 Å². The highest BCUT2D eigenvalue weighted by molar-refractivity contribution is 7.98. The van der Waals surface area contributed by atoms with Gasteiger partial charge in [0.15, 0.2) is 11.5 Å². The van der Waals surface area contributed by atoms with Crippen LogP contribution in [0.25, 0.3) is 0 Å². The number of carbonyl (C=O) groups is 2. The van der Waals surface area contributed by atoms with E-state index in [0.717, 1.165) is 0 Å². The molecule has 1 unspecified atom stereocenters. The van der Waals surface area contributed by atoms with Crippen LogP contribution in [0.3, 0.4) is 0 Å². The number of thioether (sulfide) groups is 1. The van der Waals surface area contributed by atoms with Gasteiger partial charge in [-0.15, -0.1) is 0 Å². The van der Waals surface area contributed by atoms with Crippen LogP contribution in [0.2, 0.25) is 0 Å². The summed E-state index contributed by atoms with van der Waals surface area (Å²) in [6.45, 7) is 0. The lowest BCUT2D eigenvalue weighted by atomic mass is 10.2. The minimum atomic E-state index is -0.661. The van der Waals surface area contributed by atoms with Crippen LogP contribution in [0.4, 0.5) is 5.69 Å². The molecule has 138 valence electrons. The Balaban J connectivity index is 2.09. The molecule has 0 saturated carbocycles. The summed E-state index contributed by atoms with van der Waals surface area (Å²) in [5.74, 6) is 0.962. The third kappa shape index (κ3) is 5.16. The Hall–Kier alpha value is -2.67. The van der Waals surface area contributed by atoms with Crippen LogP contribution in [-0.4, -0.2) is 44.1 Å². The van der Waals surface area contributed by atoms with Crippen molar-refractivity contribution in [1.82, 2.24) is 5.32 Å². The first-order valence-corrected chi connectivity index (χ1v) is 9.36. The summed E-state index contributed by atoms with van der Waals surface area (Å²) in [4.78, 5) is 24.9. The minimum absolute atomic E-state index is 0.285. The molecule has 2 aromatic rings. The zero-order chi connectivity index (χ0) is 18.9. The molecule has 0 aromatic heterocycles. The largest absolute Gasteiger partial charge is 0.493 e. The highest BCUT2D eigenvalue weighted by Crippen LogP contribution is 2.29. The Morgan fingerprint density at radius 2 is 1.73 bits per heavy atom. The number of carbonyl (C=O) groups excluding carboxylic acids is 2. The highest BCUT2D eigenvalue weighted by Gasteiger charge is 2.21. The Labute approximate surface area is 157 Å². The number of nitrogens with one attached hydrogen (secondary N) is 2. The van der Waals surface area contributed by atoms with Gasteiger partial charge in [-0.1, -0.05) is 18.2 Å². The van der Waals surface area contributed by atoms with Crippen molar-refractivity contribution < 1.29 is 19.1 Å². The molecule has 0 radical (unpaired) electrons. The van der Waals surface area contributed by atoms with Crippen LogP contribution in [0.5, 0.6) is 11.5 Å². The molecule has 0 aliphatic rings. The smallest absolute Gasteiger partial charge is 0.251 e. The summed E-state index contributed by atoms with van der Waals surface area (Å²) in [7, 11) is 3.07. The van der Waals surface area contributed by atoms with Crippen LogP contribution >= 0.6 is 11.8 Å². The molecule has 2 aromatic carbocycles. The number of hydrogen-bond acceptors (Lipinski definition) is 5. The molecule has 0 heterocycles. The van der Waals surface area contributed by atoms with E-state index in [1.807, 2.05) is 12.3 Å². The molecule has 1 atom stereocenters. The third-order valence-electron chi connectivity index (χ3n) is 3.64. The molecule has 7 heteroatoms. The molecular weight excluding hydrogens is 352 g/mol. The van der Waals surface area contributed by atoms with E-state index in [4.69, 9.17) is 9.47 Å². The van der Waals surface area contributed by atoms with Crippen LogP contribution in [0.1, 0.15) is 10.4 Å². The number of amides is 2. The third-order valence-corrected chi connectivity index (χ3v) is 4.31. The number of methoxy groups -OCH3 is 2. The Morgan fingerprint density at radius 3 is 2.35 bits per heavy atom. The van der Waals surface area contributed by atoms with E-state index in [0.29, 0.717) is 28.5 Å². The molecule has 2 amide bonds. The first kappa shape index (κ1) is 19.7. The fourth-order valence-corrected chi connectivity index (χ4v) is 2.89. The van der Waals surface area contributed by atoms with Crippen molar-refractivity contribution in [2.24, 2.45) is 0 Å². The van der Waals surface area contributed by atoms with Crippen molar-refractivity contribution >= 4 is 29.3 Å². The second kappa shape index (κ2) is 9.72. The van der Waals surface area contributed by atoms with Crippen molar-refractivity contribution in [3.63, 3.8) is 0 Å². The first-order valence-electron chi connectivity index (χ1n) is 7.96. The Morgan fingerprint density at radius 1 is 1.04 bits per heavy atom. The number of anilines is 1. The summed E-state index contributed by atoms with van der Waals surface area (Å²) in [6.07, 6.45) is 1.88. The van der Waals surface area contributed by atoms with Gasteiger partial charge in [0.25, 0.3) is 5.91 Å². The zero-order valence-electron chi connectivity index (χ0n) is 14.9. The van der Waals surface area contributed by atoms with E-state index in [-0.39, 0.29) is 11.8 Å². The maximum atomic E-state index is 12.6. The van der Waals surface area contributed by atoms with Crippen molar-refractivity contribution in [2.45, 2.75) is 6.04 Å². The lowest BCUT2D eigenvalue weighted by molar-refractivity contribution is -0.117. The van der Waals surface area contributed by atoms with Crippen molar-refractivity contribution in [3.05, 3.63) is 54.1 Å². The topological polar surface area (TPSA) is 76.7 Å². The van der Waals surface area contributed by atoms with Gasteiger partial charge in [0.1, 0.15) is 6.04 Å². The van der Waals surface area contributed by atoms with Crippen LogP contribution in [0.15, 0.2) is 48.5 Å². The summed E-state index contributed by atoms with van der Waals surface area (Å²) in [5.41, 5.74) is 1.07. The van der Waals surface area contributed by atoms with Crippen molar-refractivity contribution in [1.29, 1.82) is 0 Å². The summed E-state index contributed by atoms with van der Waals surface area (Å²) in [5, 5.41) is 5.58. The molecule has 2 N–H and O–H groups in total. The quantitative estimate of drug-likeness (QED) is 0.743. The molecule has 0 aliphatic carbocycles. The van der Waals surface area contributed by atoms with Gasteiger partial charge in [0.05, 0.1) is 14.2 Å². The molecule has 0 aliphatic heterocycles. The fraction of sp³-hybridized carbons (Fsp3) is 0.263. The van der Waals surface area contributed by atoms with Gasteiger partial charge in [0, 0.05) is 23.1 Å². The average Bonchev–Trinajstić information content (AvgIpc) is 2.68. The molecule has 0 bridgehead atoms. The monoisotopic (exact) mass is 374 g/mol. The van der Waals surface area contributed by atoms with Gasteiger partial charge in [-0.2, -0.15) is 11.8 Å². The lowest BCUT2D eigenvalue weighted by Crippen LogP contribution is -2.45. The van der Waals surface area contributed by atoms with Gasteiger partial charge in [0.2, 0.25) is 5.91 Å². The molecule has 26 heavy (non-hydrogen) atoms. The van der Waals surface area contributed by atoms with E-state index >= 15 is 0 Å². The van der Waals surface area contributed by atoms with E-state index in [1.54, 1.807) is 49.6 Å². The number of rotatable bonds is 8. The number of hydrogen-bond donors (Lipinski definition) is 2. The first-order chi connectivity index (χ1) is 12.6. The van der Waals surface area contributed by atoms with Gasteiger partial charge in [-0.05, 0) is 30.5 Å². The Bertz CT molecular complexity index is 752. The van der Waals surface area contributed by atoms with Gasteiger partial charge in [-0.3, -0.25) is 9.59 Å². The normalized spacial score (nSPS) is 11.3.